The molecule has 1 amide bonds. The molecule has 1 aromatic rings. The summed E-state index contributed by atoms with van der Waals surface area (Å²) >= 11 is 0. The normalized spacial score (nSPS) is 23.3. The van der Waals surface area contributed by atoms with Gasteiger partial charge < -0.3 is 15.0 Å². The molecule has 1 unspecified atom stereocenters. The Morgan fingerprint density at radius 3 is 2.82 bits per heavy atom. The van der Waals surface area contributed by atoms with Crippen LogP contribution in [0.25, 0.3) is 0 Å². The molecule has 2 aliphatic heterocycles. The molecule has 6 nitrogen and oxygen atoms in total. The molecular weight excluding hydrogens is 280 g/mol. The number of aryl methyl sites for hydroxylation is 1. The Morgan fingerprint density at radius 1 is 1.27 bits per heavy atom. The van der Waals surface area contributed by atoms with Crippen molar-refractivity contribution in [3.8, 4) is 0 Å². The molecule has 3 heterocycles. The lowest BCUT2D eigenvalue weighted by molar-refractivity contribution is -0.126. The van der Waals surface area contributed by atoms with Crippen LogP contribution in [0.15, 0.2) is 12.4 Å². The van der Waals surface area contributed by atoms with Gasteiger partial charge in [0, 0.05) is 44.7 Å². The van der Waals surface area contributed by atoms with Gasteiger partial charge in [0.25, 0.3) is 0 Å². The summed E-state index contributed by atoms with van der Waals surface area (Å²) in [6, 6.07) is 0.273. The van der Waals surface area contributed by atoms with E-state index in [1.807, 2.05) is 6.92 Å². The maximum absolute atomic E-state index is 12.5. The number of piperidine rings is 1. The van der Waals surface area contributed by atoms with Crippen LogP contribution in [-0.4, -0.2) is 48.2 Å². The second-order valence-electron chi connectivity index (χ2n) is 6.15. The minimum Gasteiger partial charge on any atom is -0.381 e. The molecule has 6 heteroatoms. The summed E-state index contributed by atoms with van der Waals surface area (Å²) in [6.07, 6.45) is 7.23. The van der Waals surface area contributed by atoms with Crippen LogP contribution >= 0.6 is 0 Å². The molecule has 1 N–H and O–H groups in total. The van der Waals surface area contributed by atoms with Gasteiger partial charge in [0.2, 0.25) is 5.91 Å². The number of hydrogen-bond donors (Lipinski definition) is 1. The van der Waals surface area contributed by atoms with Crippen LogP contribution in [0.5, 0.6) is 0 Å². The fraction of sp³-hybridized carbons (Fsp3) is 0.688. The molecule has 2 aliphatic rings. The highest BCUT2D eigenvalue weighted by Crippen LogP contribution is 2.23. The highest BCUT2D eigenvalue weighted by Gasteiger charge is 2.29. The molecule has 0 bridgehead atoms. The Hall–Kier alpha value is -1.69. The van der Waals surface area contributed by atoms with Gasteiger partial charge in [-0.15, -0.1) is 0 Å². The monoisotopic (exact) mass is 304 g/mol. The summed E-state index contributed by atoms with van der Waals surface area (Å²) < 4.78 is 5.34. The third kappa shape index (κ3) is 3.55. The molecule has 2 fully saturated rings. The van der Waals surface area contributed by atoms with E-state index in [0.717, 1.165) is 63.5 Å². The van der Waals surface area contributed by atoms with Gasteiger partial charge >= 0.3 is 0 Å². The van der Waals surface area contributed by atoms with Crippen molar-refractivity contribution in [3.63, 3.8) is 0 Å². The number of anilines is 1. The van der Waals surface area contributed by atoms with E-state index in [-0.39, 0.29) is 17.9 Å². The van der Waals surface area contributed by atoms with Crippen LogP contribution in [0.3, 0.4) is 0 Å². The fourth-order valence-corrected chi connectivity index (χ4v) is 3.26. The first-order valence-electron chi connectivity index (χ1n) is 8.14. The average Bonchev–Trinajstić information content (AvgIpc) is 2.56. The number of ether oxygens (including phenoxy) is 1. The van der Waals surface area contributed by atoms with Crippen LogP contribution in [0.2, 0.25) is 0 Å². The van der Waals surface area contributed by atoms with Crippen LogP contribution < -0.4 is 10.2 Å². The number of nitrogens with one attached hydrogen (secondary N) is 1. The molecule has 0 spiro atoms. The Balaban J connectivity index is 1.60. The van der Waals surface area contributed by atoms with Crippen molar-refractivity contribution in [2.75, 3.05) is 31.2 Å². The van der Waals surface area contributed by atoms with Gasteiger partial charge in [-0.25, -0.2) is 4.98 Å². The topological polar surface area (TPSA) is 67.4 Å². The predicted molar refractivity (Wildman–Crippen MR) is 83.7 cm³/mol. The number of hydrogen-bond acceptors (Lipinski definition) is 5. The molecule has 1 atom stereocenters. The molecule has 22 heavy (non-hydrogen) atoms. The van der Waals surface area contributed by atoms with Crippen molar-refractivity contribution in [1.82, 2.24) is 15.3 Å². The third-order valence-electron chi connectivity index (χ3n) is 4.51. The number of nitrogens with zero attached hydrogens (tertiary/aromatic N) is 3. The lowest BCUT2D eigenvalue weighted by Crippen LogP contribution is -2.47. The second kappa shape index (κ2) is 7.05. The van der Waals surface area contributed by atoms with Crippen LogP contribution in [0.4, 0.5) is 5.82 Å². The summed E-state index contributed by atoms with van der Waals surface area (Å²) in [4.78, 5) is 23.4. The molecule has 0 radical (unpaired) electrons. The molecule has 0 saturated carbocycles. The Morgan fingerprint density at radius 2 is 2.05 bits per heavy atom. The zero-order valence-corrected chi connectivity index (χ0v) is 13.1. The van der Waals surface area contributed by atoms with Crippen molar-refractivity contribution >= 4 is 11.7 Å². The van der Waals surface area contributed by atoms with E-state index < -0.39 is 0 Å². The number of rotatable bonds is 3. The first kappa shape index (κ1) is 15.2. The minimum atomic E-state index is 0.0398. The smallest absolute Gasteiger partial charge is 0.225 e. The van der Waals surface area contributed by atoms with Crippen LogP contribution in [0.1, 0.15) is 31.4 Å². The predicted octanol–water partition coefficient (Wildman–Crippen LogP) is 1.30. The molecule has 3 rings (SSSR count). The zero-order chi connectivity index (χ0) is 15.4. The first-order valence-corrected chi connectivity index (χ1v) is 8.14. The summed E-state index contributed by atoms with van der Waals surface area (Å²) in [5, 5.41) is 3.19. The van der Waals surface area contributed by atoms with Gasteiger partial charge in [-0.1, -0.05) is 0 Å². The van der Waals surface area contributed by atoms with Crippen LogP contribution in [0, 0.1) is 12.8 Å². The number of carbonyl (C=O) groups is 1. The van der Waals surface area contributed by atoms with Crippen molar-refractivity contribution in [2.24, 2.45) is 5.92 Å². The van der Waals surface area contributed by atoms with Gasteiger partial charge in [0.05, 0.1) is 11.6 Å². The molecular formula is C16H24N4O2. The Bertz CT molecular complexity index is 517. The van der Waals surface area contributed by atoms with Gasteiger partial charge in [0.1, 0.15) is 5.82 Å². The standard InChI is InChI=1S/C16H24N4O2/c1-12-15(18-7-6-17-12)20-8-2-3-13(11-20)16(21)19-14-4-9-22-10-5-14/h6-7,13-14H,2-5,8-11H2,1H3,(H,19,21). The maximum Gasteiger partial charge on any atom is 0.225 e. The lowest BCUT2D eigenvalue weighted by Gasteiger charge is -2.34. The minimum absolute atomic E-state index is 0.0398. The van der Waals surface area contributed by atoms with Crippen molar-refractivity contribution < 1.29 is 9.53 Å². The van der Waals surface area contributed by atoms with E-state index in [0.29, 0.717) is 0 Å². The zero-order valence-electron chi connectivity index (χ0n) is 13.1. The van der Waals surface area contributed by atoms with E-state index in [4.69, 9.17) is 4.74 Å². The third-order valence-corrected chi connectivity index (χ3v) is 4.51. The van der Waals surface area contributed by atoms with E-state index >= 15 is 0 Å². The maximum atomic E-state index is 12.5. The molecule has 0 aromatic carbocycles. The number of aromatic nitrogens is 2. The summed E-state index contributed by atoms with van der Waals surface area (Å²) in [6.45, 7) is 5.14. The summed E-state index contributed by atoms with van der Waals surface area (Å²) in [7, 11) is 0. The van der Waals surface area contributed by atoms with Crippen molar-refractivity contribution in [3.05, 3.63) is 18.1 Å². The first-order chi connectivity index (χ1) is 10.7. The Kier molecular flexibility index (Phi) is 4.87. The van der Waals surface area contributed by atoms with E-state index in [1.165, 1.54) is 0 Å². The van der Waals surface area contributed by atoms with Gasteiger partial charge in [-0.2, -0.15) is 0 Å². The van der Waals surface area contributed by atoms with Crippen molar-refractivity contribution in [2.45, 2.75) is 38.6 Å². The van der Waals surface area contributed by atoms with E-state index in [1.54, 1.807) is 12.4 Å². The quantitative estimate of drug-likeness (QED) is 0.911. The summed E-state index contributed by atoms with van der Waals surface area (Å²) in [5.41, 5.74) is 0.924. The van der Waals surface area contributed by atoms with E-state index in [2.05, 4.69) is 20.2 Å². The average molecular weight is 304 g/mol. The lowest BCUT2D eigenvalue weighted by atomic mass is 9.96. The van der Waals surface area contributed by atoms with Crippen molar-refractivity contribution in [1.29, 1.82) is 0 Å². The highest BCUT2D eigenvalue weighted by atomic mass is 16.5. The molecule has 1 aromatic heterocycles. The Labute approximate surface area is 131 Å². The second-order valence-corrected chi connectivity index (χ2v) is 6.15. The number of carbonyl (C=O) groups excluding carboxylic acids is 1. The summed E-state index contributed by atoms with van der Waals surface area (Å²) in [5.74, 6) is 1.13. The van der Waals surface area contributed by atoms with Gasteiger partial charge in [0.15, 0.2) is 0 Å². The highest BCUT2D eigenvalue weighted by molar-refractivity contribution is 5.79. The largest absolute Gasteiger partial charge is 0.381 e. The molecule has 0 aliphatic carbocycles. The van der Waals surface area contributed by atoms with Gasteiger partial charge in [-0.05, 0) is 32.6 Å². The van der Waals surface area contributed by atoms with E-state index in [9.17, 15) is 4.79 Å². The van der Waals surface area contributed by atoms with Gasteiger partial charge in [-0.3, -0.25) is 9.78 Å². The molecule has 2 saturated heterocycles. The molecule has 120 valence electrons. The SMILES string of the molecule is Cc1nccnc1N1CCCC(C(=O)NC2CCOCC2)C1. The fourth-order valence-electron chi connectivity index (χ4n) is 3.26. The van der Waals surface area contributed by atoms with Crippen LogP contribution in [-0.2, 0) is 9.53 Å². The number of amides is 1.